The summed E-state index contributed by atoms with van der Waals surface area (Å²) in [6.45, 7) is 2.03. The molecule has 1 aromatic carbocycles. The van der Waals surface area contributed by atoms with Gasteiger partial charge in [0.1, 0.15) is 11.4 Å². The Morgan fingerprint density at radius 3 is 2.88 bits per heavy atom. The molecule has 2 aromatic rings. The van der Waals surface area contributed by atoms with Crippen LogP contribution >= 0.6 is 11.3 Å². The molecule has 1 heterocycles. The summed E-state index contributed by atoms with van der Waals surface area (Å²) in [5.41, 5.74) is 1.80. The smallest absolute Gasteiger partial charge is 0.123 e. The Morgan fingerprint density at radius 1 is 1.35 bits per heavy atom. The molecular weight excluding hydrogens is 235 g/mol. The van der Waals surface area contributed by atoms with E-state index in [9.17, 15) is 9.50 Å². The quantitative estimate of drug-likeness (QED) is 0.820. The number of halogens is 1. The summed E-state index contributed by atoms with van der Waals surface area (Å²) in [5, 5.41) is 12.8. The fourth-order valence-electron chi connectivity index (χ4n) is 2.58. The molecule has 1 N–H and O–H groups in total. The Kier molecular flexibility index (Phi) is 2.35. The number of hydrogen-bond donors (Lipinski definition) is 1. The van der Waals surface area contributed by atoms with Crippen LogP contribution in [0.5, 0.6) is 0 Å². The monoisotopic (exact) mass is 248 g/mol. The Hall–Kier alpha value is -1.19. The first-order valence-corrected chi connectivity index (χ1v) is 6.54. The zero-order valence-corrected chi connectivity index (χ0v) is 10.4. The molecular formula is C14H13FOS. The van der Waals surface area contributed by atoms with Gasteiger partial charge in [0.05, 0.1) is 0 Å². The van der Waals surface area contributed by atoms with E-state index < -0.39 is 5.60 Å². The molecule has 0 bridgehead atoms. The zero-order valence-electron chi connectivity index (χ0n) is 9.53. The van der Waals surface area contributed by atoms with Crippen LogP contribution in [0.15, 0.2) is 29.6 Å². The van der Waals surface area contributed by atoms with E-state index in [1.807, 2.05) is 18.4 Å². The van der Waals surface area contributed by atoms with Gasteiger partial charge in [-0.2, -0.15) is 0 Å². The SMILES string of the molecule is Cc1cc(C2(O)CCc3cc(F)ccc32)cs1. The second-order valence-electron chi connectivity index (χ2n) is 4.61. The molecule has 0 amide bonds. The van der Waals surface area contributed by atoms with E-state index in [0.717, 1.165) is 23.1 Å². The molecule has 1 unspecified atom stereocenters. The number of rotatable bonds is 1. The largest absolute Gasteiger partial charge is 0.380 e. The summed E-state index contributed by atoms with van der Waals surface area (Å²) in [7, 11) is 0. The van der Waals surface area contributed by atoms with Crippen LogP contribution in [0, 0.1) is 12.7 Å². The third kappa shape index (κ3) is 1.61. The highest BCUT2D eigenvalue weighted by Crippen LogP contribution is 2.43. The Labute approximate surface area is 104 Å². The van der Waals surface area contributed by atoms with Crippen molar-refractivity contribution in [2.75, 3.05) is 0 Å². The molecule has 3 heteroatoms. The van der Waals surface area contributed by atoms with Crippen molar-refractivity contribution < 1.29 is 9.50 Å². The summed E-state index contributed by atoms with van der Waals surface area (Å²) in [6.07, 6.45) is 1.38. The van der Waals surface area contributed by atoms with Crippen LogP contribution in [-0.4, -0.2) is 5.11 Å². The van der Waals surface area contributed by atoms with Crippen molar-refractivity contribution in [3.63, 3.8) is 0 Å². The highest BCUT2D eigenvalue weighted by Gasteiger charge is 2.38. The van der Waals surface area contributed by atoms with E-state index in [4.69, 9.17) is 0 Å². The number of hydrogen-bond acceptors (Lipinski definition) is 2. The first-order valence-electron chi connectivity index (χ1n) is 5.66. The zero-order chi connectivity index (χ0) is 12.0. The van der Waals surface area contributed by atoms with Gasteiger partial charge in [-0.05, 0) is 60.0 Å². The van der Waals surface area contributed by atoms with Gasteiger partial charge >= 0.3 is 0 Å². The standard InChI is InChI=1S/C14H13FOS/c1-9-6-11(8-17-9)14(16)5-4-10-7-12(15)2-3-13(10)14/h2-3,6-8,16H,4-5H2,1H3. The van der Waals surface area contributed by atoms with Crippen molar-refractivity contribution in [1.29, 1.82) is 0 Å². The van der Waals surface area contributed by atoms with Crippen molar-refractivity contribution in [2.24, 2.45) is 0 Å². The minimum atomic E-state index is -0.923. The van der Waals surface area contributed by atoms with Gasteiger partial charge < -0.3 is 5.11 Å². The normalized spacial score (nSPS) is 22.8. The predicted octanol–water partition coefficient (Wildman–Crippen LogP) is 3.38. The van der Waals surface area contributed by atoms with Gasteiger partial charge in [-0.25, -0.2) is 4.39 Å². The van der Waals surface area contributed by atoms with Gasteiger partial charge in [0.15, 0.2) is 0 Å². The number of thiophene rings is 1. The van der Waals surface area contributed by atoms with Gasteiger partial charge in [0.25, 0.3) is 0 Å². The lowest BCUT2D eigenvalue weighted by atomic mass is 9.90. The first kappa shape index (κ1) is 10.9. The summed E-state index contributed by atoms with van der Waals surface area (Å²) in [4.78, 5) is 1.18. The van der Waals surface area contributed by atoms with Crippen molar-refractivity contribution in [3.05, 3.63) is 57.0 Å². The number of aryl methyl sites for hydroxylation is 2. The maximum absolute atomic E-state index is 13.1. The maximum atomic E-state index is 13.1. The van der Waals surface area contributed by atoms with Crippen molar-refractivity contribution >= 4 is 11.3 Å². The molecule has 0 spiro atoms. The predicted molar refractivity (Wildman–Crippen MR) is 66.8 cm³/mol. The number of fused-ring (bicyclic) bond motifs is 1. The average Bonchev–Trinajstić information content (AvgIpc) is 2.85. The molecule has 0 fully saturated rings. The second-order valence-corrected chi connectivity index (χ2v) is 5.72. The van der Waals surface area contributed by atoms with Gasteiger partial charge in [-0.1, -0.05) is 6.07 Å². The van der Waals surface area contributed by atoms with E-state index in [0.29, 0.717) is 6.42 Å². The van der Waals surface area contributed by atoms with Gasteiger partial charge in [0.2, 0.25) is 0 Å². The third-order valence-corrected chi connectivity index (χ3v) is 4.34. The van der Waals surface area contributed by atoms with Crippen LogP contribution in [0.25, 0.3) is 0 Å². The summed E-state index contributed by atoms with van der Waals surface area (Å²) in [6, 6.07) is 6.69. The Morgan fingerprint density at radius 2 is 2.18 bits per heavy atom. The summed E-state index contributed by atoms with van der Waals surface area (Å²) in [5.74, 6) is -0.227. The fraction of sp³-hybridized carbons (Fsp3) is 0.286. The van der Waals surface area contributed by atoms with Crippen LogP contribution in [-0.2, 0) is 12.0 Å². The van der Waals surface area contributed by atoms with Gasteiger partial charge in [-0.15, -0.1) is 11.3 Å². The molecule has 0 saturated carbocycles. The molecule has 1 atom stereocenters. The van der Waals surface area contributed by atoms with E-state index in [-0.39, 0.29) is 5.82 Å². The highest BCUT2D eigenvalue weighted by molar-refractivity contribution is 7.10. The molecule has 3 rings (SSSR count). The molecule has 1 nitrogen and oxygen atoms in total. The Balaban J connectivity index is 2.13. The number of benzene rings is 1. The molecule has 0 radical (unpaired) electrons. The maximum Gasteiger partial charge on any atom is 0.123 e. The van der Waals surface area contributed by atoms with Crippen LogP contribution in [0.2, 0.25) is 0 Å². The van der Waals surface area contributed by atoms with Gasteiger partial charge in [0, 0.05) is 4.88 Å². The van der Waals surface area contributed by atoms with E-state index in [2.05, 4.69) is 0 Å². The second kappa shape index (κ2) is 3.65. The van der Waals surface area contributed by atoms with Crippen molar-refractivity contribution in [1.82, 2.24) is 0 Å². The fourth-order valence-corrected chi connectivity index (χ4v) is 3.35. The average molecular weight is 248 g/mol. The topological polar surface area (TPSA) is 20.2 Å². The number of aliphatic hydroxyl groups is 1. The van der Waals surface area contributed by atoms with E-state index in [1.165, 1.54) is 17.0 Å². The molecule has 1 aromatic heterocycles. The van der Waals surface area contributed by atoms with Crippen molar-refractivity contribution in [3.8, 4) is 0 Å². The summed E-state index contributed by atoms with van der Waals surface area (Å²) >= 11 is 1.63. The van der Waals surface area contributed by atoms with Crippen LogP contribution in [0.1, 0.15) is 28.0 Å². The van der Waals surface area contributed by atoms with Crippen LogP contribution in [0.4, 0.5) is 4.39 Å². The molecule has 0 aliphatic heterocycles. The van der Waals surface area contributed by atoms with Crippen molar-refractivity contribution in [2.45, 2.75) is 25.4 Å². The van der Waals surface area contributed by atoms with Crippen LogP contribution in [0.3, 0.4) is 0 Å². The molecule has 88 valence electrons. The molecule has 1 aliphatic carbocycles. The van der Waals surface area contributed by atoms with E-state index in [1.54, 1.807) is 17.4 Å². The van der Waals surface area contributed by atoms with E-state index >= 15 is 0 Å². The molecule has 17 heavy (non-hydrogen) atoms. The first-order chi connectivity index (χ1) is 8.09. The lowest BCUT2D eigenvalue weighted by molar-refractivity contribution is 0.0833. The Bertz CT molecular complexity index is 575. The van der Waals surface area contributed by atoms with Gasteiger partial charge in [-0.3, -0.25) is 0 Å². The summed E-state index contributed by atoms with van der Waals surface area (Å²) < 4.78 is 13.1. The van der Waals surface area contributed by atoms with Crippen LogP contribution < -0.4 is 0 Å². The lowest BCUT2D eigenvalue weighted by Gasteiger charge is -2.23. The lowest BCUT2D eigenvalue weighted by Crippen LogP contribution is -2.23. The minimum Gasteiger partial charge on any atom is -0.380 e. The molecule has 1 aliphatic rings. The third-order valence-electron chi connectivity index (χ3n) is 3.48. The highest BCUT2D eigenvalue weighted by atomic mass is 32.1. The minimum absolute atomic E-state index is 0.227. The molecule has 0 saturated heterocycles.